The van der Waals surface area contributed by atoms with Crippen LogP contribution in [0.15, 0.2) is 47.6 Å². The minimum absolute atomic E-state index is 0.308. The number of methoxy groups -OCH3 is 1. The summed E-state index contributed by atoms with van der Waals surface area (Å²) in [5, 5.41) is 7.41. The van der Waals surface area contributed by atoms with E-state index in [0.717, 1.165) is 49.9 Å². The van der Waals surface area contributed by atoms with E-state index in [-0.39, 0.29) is 0 Å². The predicted molar refractivity (Wildman–Crippen MR) is 119 cm³/mol. The highest BCUT2D eigenvalue weighted by atomic mass is 35.5. The van der Waals surface area contributed by atoms with Crippen LogP contribution in [0.2, 0.25) is 5.15 Å². The molecule has 1 fully saturated rings. The smallest absolute Gasteiger partial charge is 0.191 e. The first kappa shape index (κ1) is 21.4. The molecule has 1 unspecified atom stereocenters. The van der Waals surface area contributed by atoms with Gasteiger partial charge in [-0.05, 0) is 61.7 Å². The van der Waals surface area contributed by atoms with E-state index in [4.69, 9.17) is 16.3 Å². The number of nitrogens with zero attached hydrogens (tertiary/aromatic N) is 3. The molecule has 1 saturated heterocycles. The summed E-state index contributed by atoms with van der Waals surface area (Å²) in [5.41, 5.74) is 2.44. The molecule has 3 rings (SSSR count). The van der Waals surface area contributed by atoms with Gasteiger partial charge in [0.2, 0.25) is 0 Å². The lowest BCUT2D eigenvalue weighted by atomic mass is 10.1. The summed E-state index contributed by atoms with van der Waals surface area (Å²) >= 11 is 5.84. The monoisotopic (exact) mass is 415 g/mol. The summed E-state index contributed by atoms with van der Waals surface area (Å²) in [6.07, 6.45) is 5.19. The summed E-state index contributed by atoms with van der Waals surface area (Å²) in [5.74, 6) is 1.70. The highest BCUT2D eigenvalue weighted by molar-refractivity contribution is 6.29. The standard InChI is InChI=1S/C22H30ClN5O/c1-24-22(25-12-11-17-5-10-21(23)26-15-17)27-16-20(28-13-3-4-14-28)18-6-8-19(29-2)9-7-18/h5-10,15,20H,3-4,11-14,16H2,1-2H3,(H2,24,25,27). The van der Waals surface area contributed by atoms with E-state index in [0.29, 0.717) is 11.2 Å². The van der Waals surface area contributed by atoms with Crippen LogP contribution in [0.25, 0.3) is 0 Å². The molecule has 6 nitrogen and oxygen atoms in total. The summed E-state index contributed by atoms with van der Waals surface area (Å²) in [6, 6.07) is 12.5. The van der Waals surface area contributed by atoms with Gasteiger partial charge in [-0.1, -0.05) is 29.8 Å². The Morgan fingerprint density at radius 1 is 1.17 bits per heavy atom. The Kier molecular flexibility index (Phi) is 8.14. The van der Waals surface area contributed by atoms with Crippen LogP contribution in [0.3, 0.4) is 0 Å². The fourth-order valence-corrected chi connectivity index (χ4v) is 3.74. The van der Waals surface area contributed by atoms with Crippen molar-refractivity contribution >= 4 is 17.6 Å². The highest BCUT2D eigenvalue weighted by Crippen LogP contribution is 2.26. The van der Waals surface area contributed by atoms with Crippen molar-refractivity contribution in [2.75, 3.05) is 40.3 Å². The van der Waals surface area contributed by atoms with Crippen LogP contribution in [-0.2, 0) is 6.42 Å². The second-order valence-corrected chi connectivity index (χ2v) is 7.54. The van der Waals surface area contributed by atoms with E-state index in [1.54, 1.807) is 14.2 Å². The molecule has 0 radical (unpaired) electrons. The van der Waals surface area contributed by atoms with E-state index >= 15 is 0 Å². The van der Waals surface area contributed by atoms with Gasteiger partial charge in [-0.15, -0.1) is 0 Å². The summed E-state index contributed by atoms with van der Waals surface area (Å²) in [4.78, 5) is 11.0. The first-order valence-electron chi connectivity index (χ1n) is 10.1. The normalized spacial score (nSPS) is 15.9. The van der Waals surface area contributed by atoms with Gasteiger partial charge in [-0.25, -0.2) is 4.98 Å². The minimum Gasteiger partial charge on any atom is -0.497 e. The molecule has 1 aromatic heterocycles. The summed E-state index contributed by atoms with van der Waals surface area (Å²) < 4.78 is 5.31. The van der Waals surface area contributed by atoms with E-state index in [1.807, 2.05) is 30.5 Å². The van der Waals surface area contributed by atoms with E-state index < -0.39 is 0 Å². The van der Waals surface area contributed by atoms with Crippen molar-refractivity contribution in [2.24, 2.45) is 4.99 Å². The SMILES string of the molecule is CN=C(NCCc1ccc(Cl)nc1)NCC(c1ccc(OC)cc1)N1CCCC1. The Hall–Kier alpha value is -2.31. The number of nitrogens with one attached hydrogen (secondary N) is 2. The van der Waals surface area contributed by atoms with Gasteiger partial charge in [0.05, 0.1) is 13.2 Å². The van der Waals surface area contributed by atoms with Gasteiger partial charge in [-0.3, -0.25) is 9.89 Å². The Morgan fingerprint density at radius 2 is 1.93 bits per heavy atom. The van der Waals surface area contributed by atoms with Gasteiger partial charge < -0.3 is 15.4 Å². The molecule has 2 aromatic rings. The number of hydrogen-bond donors (Lipinski definition) is 2. The predicted octanol–water partition coefficient (Wildman–Crippen LogP) is 3.29. The van der Waals surface area contributed by atoms with Gasteiger partial charge in [0.15, 0.2) is 5.96 Å². The average molecular weight is 416 g/mol. The van der Waals surface area contributed by atoms with Crippen molar-refractivity contribution in [3.05, 3.63) is 58.9 Å². The molecule has 0 bridgehead atoms. The molecule has 1 atom stereocenters. The maximum Gasteiger partial charge on any atom is 0.191 e. The van der Waals surface area contributed by atoms with Gasteiger partial charge in [0.25, 0.3) is 0 Å². The average Bonchev–Trinajstić information content (AvgIpc) is 3.29. The van der Waals surface area contributed by atoms with Crippen LogP contribution in [0.5, 0.6) is 5.75 Å². The molecule has 7 heteroatoms. The number of ether oxygens (including phenoxy) is 1. The van der Waals surface area contributed by atoms with Gasteiger partial charge in [0, 0.05) is 26.3 Å². The van der Waals surface area contributed by atoms with Crippen molar-refractivity contribution in [1.29, 1.82) is 0 Å². The maximum atomic E-state index is 5.84. The first-order valence-corrected chi connectivity index (χ1v) is 10.5. The van der Waals surface area contributed by atoms with Crippen molar-refractivity contribution in [3.63, 3.8) is 0 Å². The molecule has 156 valence electrons. The molecular weight excluding hydrogens is 386 g/mol. The molecule has 1 aromatic carbocycles. The van der Waals surface area contributed by atoms with E-state index in [1.165, 1.54) is 18.4 Å². The van der Waals surface area contributed by atoms with Crippen LogP contribution in [-0.4, -0.2) is 56.2 Å². The number of rotatable bonds is 8. The van der Waals surface area contributed by atoms with Gasteiger partial charge in [-0.2, -0.15) is 0 Å². The van der Waals surface area contributed by atoms with Crippen LogP contribution in [0, 0.1) is 0 Å². The Balaban J connectivity index is 1.55. The molecule has 29 heavy (non-hydrogen) atoms. The van der Waals surface area contributed by atoms with Crippen molar-refractivity contribution < 1.29 is 4.74 Å². The molecule has 0 aliphatic carbocycles. The van der Waals surface area contributed by atoms with Crippen LogP contribution < -0.4 is 15.4 Å². The topological polar surface area (TPSA) is 61.8 Å². The molecule has 1 aliphatic heterocycles. The largest absolute Gasteiger partial charge is 0.497 e. The van der Waals surface area contributed by atoms with Crippen LogP contribution >= 0.6 is 11.6 Å². The molecule has 2 N–H and O–H groups in total. The lowest BCUT2D eigenvalue weighted by molar-refractivity contribution is 0.245. The first-order chi connectivity index (χ1) is 14.2. The third-order valence-electron chi connectivity index (χ3n) is 5.26. The number of benzene rings is 1. The minimum atomic E-state index is 0.308. The third-order valence-corrected chi connectivity index (χ3v) is 5.49. The van der Waals surface area contributed by atoms with Crippen LogP contribution in [0.1, 0.15) is 30.0 Å². The number of aliphatic imine (C=N–C) groups is 1. The highest BCUT2D eigenvalue weighted by Gasteiger charge is 2.23. The Bertz CT molecular complexity index is 773. The molecule has 0 saturated carbocycles. The zero-order chi connectivity index (χ0) is 20.5. The third kappa shape index (κ3) is 6.34. The van der Waals surface area contributed by atoms with Crippen molar-refractivity contribution in [3.8, 4) is 5.75 Å². The number of guanidine groups is 1. The molecule has 1 aliphatic rings. The number of aromatic nitrogens is 1. The maximum absolute atomic E-state index is 5.84. The van der Waals surface area contributed by atoms with E-state index in [2.05, 4.69) is 37.6 Å². The fourth-order valence-electron chi connectivity index (χ4n) is 3.63. The number of pyridine rings is 1. The molecule has 2 heterocycles. The van der Waals surface area contributed by atoms with Crippen molar-refractivity contribution in [1.82, 2.24) is 20.5 Å². The number of hydrogen-bond acceptors (Lipinski definition) is 4. The van der Waals surface area contributed by atoms with Crippen molar-refractivity contribution in [2.45, 2.75) is 25.3 Å². The zero-order valence-corrected chi connectivity index (χ0v) is 18.0. The van der Waals surface area contributed by atoms with Crippen LogP contribution in [0.4, 0.5) is 0 Å². The summed E-state index contributed by atoms with van der Waals surface area (Å²) in [7, 11) is 3.50. The lowest BCUT2D eigenvalue weighted by Crippen LogP contribution is -2.43. The fraction of sp³-hybridized carbons (Fsp3) is 0.455. The zero-order valence-electron chi connectivity index (χ0n) is 17.2. The Labute approximate surface area is 178 Å². The second kappa shape index (κ2) is 11.0. The Morgan fingerprint density at radius 3 is 2.55 bits per heavy atom. The summed E-state index contributed by atoms with van der Waals surface area (Å²) in [6.45, 7) is 3.84. The molecule has 0 spiro atoms. The second-order valence-electron chi connectivity index (χ2n) is 7.15. The lowest BCUT2D eigenvalue weighted by Gasteiger charge is -2.29. The molecular formula is C22H30ClN5O. The molecule has 0 amide bonds. The van der Waals surface area contributed by atoms with Gasteiger partial charge in [0.1, 0.15) is 10.9 Å². The number of likely N-dealkylation sites (tertiary alicyclic amines) is 1. The number of halogens is 1. The van der Waals surface area contributed by atoms with E-state index in [9.17, 15) is 0 Å². The van der Waals surface area contributed by atoms with Gasteiger partial charge >= 0.3 is 0 Å². The quantitative estimate of drug-likeness (QED) is 0.393.